The number of benzene rings is 2. The van der Waals surface area contributed by atoms with Crippen LogP contribution in [0.5, 0.6) is 11.5 Å². The molecule has 9 heteroatoms. The molecular formula is C19H20N2O7. The van der Waals surface area contributed by atoms with Crippen LogP contribution in [0.25, 0.3) is 0 Å². The van der Waals surface area contributed by atoms with Gasteiger partial charge in [-0.3, -0.25) is 19.7 Å². The first-order valence-corrected chi connectivity index (χ1v) is 8.41. The number of phenolic OH excluding ortho intramolecular Hbond substituents is 1. The van der Waals surface area contributed by atoms with E-state index in [-0.39, 0.29) is 23.5 Å². The number of nitro groups is 1. The van der Waals surface area contributed by atoms with Crippen molar-refractivity contribution < 1.29 is 29.1 Å². The summed E-state index contributed by atoms with van der Waals surface area (Å²) in [4.78, 5) is 34.5. The molecule has 0 fully saturated rings. The van der Waals surface area contributed by atoms with E-state index in [1.807, 2.05) is 0 Å². The second-order valence-electron chi connectivity index (χ2n) is 5.90. The summed E-state index contributed by atoms with van der Waals surface area (Å²) in [5, 5.41) is 23.1. The topological polar surface area (TPSA) is 128 Å². The Hall–Kier alpha value is -3.62. The Balaban J connectivity index is 1.89. The first-order valence-electron chi connectivity index (χ1n) is 8.41. The lowest BCUT2D eigenvalue weighted by atomic mass is 10.1. The molecule has 1 unspecified atom stereocenters. The van der Waals surface area contributed by atoms with Gasteiger partial charge in [0, 0.05) is 12.5 Å². The van der Waals surface area contributed by atoms with Crippen molar-refractivity contribution in [2.45, 2.75) is 25.9 Å². The lowest BCUT2D eigenvalue weighted by molar-refractivity contribution is -0.383. The number of rotatable bonds is 8. The van der Waals surface area contributed by atoms with Gasteiger partial charge >= 0.3 is 5.97 Å². The van der Waals surface area contributed by atoms with Crippen LogP contribution in [-0.4, -0.2) is 35.1 Å². The smallest absolute Gasteiger partial charge is 0.306 e. The average molecular weight is 388 g/mol. The molecule has 28 heavy (non-hydrogen) atoms. The van der Waals surface area contributed by atoms with Gasteiger partial charge in [-0.05, 0) is 37.1 Å². The number of hydrogen-bond acceptors (Lipinski definition) is 7. The summed E-state index contributed by atoms with van der Waals surface area (Å²) in [6.45, 7) is 1.38. The highest BCUT2D eigenvalue weighted by molar-refractivity contribution is 5.96. The number of carbonyl (C=O) groups is 2. The van der Waals surface area contributed by atoms with Crippen LogP contribution < -0.4 is 10.1 Å². The summed E-state index contributed by atoms with van der Waals surface area (Å²) in [6, 6.07) is 10.4. The number of esters is 1. The molecule has 2 rings (SSSR count). The lowest BCUT2D eigenvalue weighted by Gasteiger charge is -2.13. The number of aryl methyl sites for hydroxylation is 1. The van der Waals surface area contributed by atoms with E-state index >= 15 is 0 Å². The van der Waals surface area contributed by atoms with Crippen LogP contribution in [0.15, 0.2) is 42.5 Å². The molecule has 0 saturated carbocycles. The zero-order chi connectivity index (χ0) is 20.7. The summed E-state index contributed by atoms with van der Waals surface area (Å²) in [7, 11) is 1.43. The molecule has 0 bridgehead atoms. The molecule has 0 aliphatic rings. The average Bonchev–Trinajstić information content (AvgIpc) is 2.66. The quantitative estimate of drug-likeness (QED) is 0.404. The van der Waals surface area contributed by atoms with Crippen molar-refractivity contribution in [3.63, 3.8) is 0 Å². The zero-order valence-electron chi connectivity index (χ0n) is 15.4. The van der Waals surface area contributed by atoms with Gasteiger partial charge in [0.1, 0.15) is 5.69 Å². The number of carbonyl (C=O) groups excluding carboxylic acids is 2. The van der Waals surface area contributed by atoms with Crippen molar-refractivity contribution in [2.75, 3.05) is 12.4 Å². The Morgan fingerprint density at radius 1 is 1.25 bits per heavy atom. The number of hydrogen-bond donors (Lipinski definition) is 2. The van der Waals surface area contributed by atoms with Gasteiger partial charge in [0.05, 0.1) is 12.0 Å². The standard InChI is InChI=1S/C19H20N2O7/c1-12(19(24)20-14-5-3-4-6-15(14)21(25)26)28-18(23)10-8-13-7-9-17(27-2)16(22)11-13/h3-7,9,11-12,22H,8,10H2,1-2H3,(H,20,24). The number of amides is 1. The highest BCUT2D eigenvalue weighted by Gasteiger charge is 2.21. The van der Waals surface area contributed by atoms with Crippen LogP contribution >= 0.6 is 0 Å². The second kappa shape index (κ2) is 9.36. The van der Waals surface area contributed by atoms with Crippen molar-refractivity contribution in [3.05, 3.63) is 58.1 Å². The maximum absolute atomic E-state index is 12.2. The molecule has 1 amide bonds. The van der Waals surface area contributed by atoms with Crippen molar-refractivity contribution in [3.8, 4) is 11.5 Å². The van der Waals surface area contributed by atoms with Crippen LogP contribution in [0.1, 0.15) is 18.9 Å². The van der Waals surface area contributed by atoms with Crippen LogP contribution in [0.3, 0.4) is 0 Å². The molecule has 0 saturated heterocycles. The maximum atomic E-state index is 12.2. The number of methoxy groups -OCH3 is 1. The van der Waals surface area contributed by atoms with E-state index in [0.717, 1.165) is 0 Å². The highest BCUT2D eigenvalue weighted by atomic mass is 16.6. The molecule has 1 atom stereocenters. The number of aromatic hydroxyl groups is 1. The predicted molar refractivity (Wildman–Crippen MR) is 100 cm³/mol. The van der Waals surface area contributed by atoms with Gasteiger partial charge < -0.3 is 19.9 Å². The number of ether oxygens (including phenoxy) is 2. The van der Waals surface area contributed by atoms with Gasteiger partial charge in [-0.25, -0.2) is 0 Å². The fraction of sp³-hybridized carbons (Fsp3) is 0.263. The summed E-state index contributed by atoms with van der Waals surface area (Å²) in [5.41, 5.74) is 0.468. The van der Waals surface area contributed by atoms with Gasteiger partial charge in [0.15, 0.2) is 17.6 Å². The number of anilines is 1. The van der Waals surface area contributed by atoms with E-state index in [4.69, 9.17) is 9.47 Å². The number of phenols is 1. The summed E-state index contributed by atoms with van der Waals surface area (Å²) < 4.78 is 10.0. The molecule has 0 heterocycles. The number of para-hydroxylation sites is 2. The van der Waals surface area contributed by atoms with Gasteiger partial charge in [0.25, 0.3) is 11.6 Å². The minimum atomic E-state index is -1.13. The third-order valence-corrected chi connectivity index (χ3v) is 3.90. The Kier molecular flexibility index (Phi) is 6.91. The van der Waals surface area contributed by atoms with Crippen molar-refractivity contribution >= 4 is 23.3 Å². The van der Waals surface area contributed by atoms with Crippen LogP contribution in [0.2, 0.25) is 0 Å². The zero-order valence-corrected chi connectivity index (χ0v) is 15.4. The minimum absolute atomic E-state index is 0.00509. The molecule has 0 aromatic heterocycles. The van der Waals surface area contributed by atoms with Crippen LogP contribution in [-0.2, 0) is 20.7 Å². The normalized spacial score (nSPS) is 11.4. The highest BCUT2D eigenvalue weighted by Crippen LogP contribution is 2.27. The van der Waals surface area contributed by atoms with Gasteiger partial charge in [0.2, 0.25) is 0 Å². The Labute approximate surface area is 161 Å². The molecule has 148 valence electrons. The SMILES string of the molecule is COc1ccc(CCC(=O)OC(C)C(=O)Nc2ccccc2[N+](=O)[O-])cc1O. The van der Waals surface area contributed by atoms with Crippen LogP contribution in [0.4, 0.5) is 11.4 Å². The van der Waals surface area contributed by atoms with Crippen LogP contribution in [0, 0.1) is 10.1 Å². The van der Waals surface area contributed by atoms with E-state index in [1.165, 1.54) is 38.3 Å². The van der Waals surface area contributed by atoms with E-state index in [2.05, 4.69) is 5.32 Å². The first kappa shape index (κ1) is 20.7. The Bertz CT molecular complexity index is 882. The maximum Gasteiger partial charge on any atom is 0.306 e. The number of nitrogens with zero attached hydrogens (tertiary/aromatic N) is 1. The fourth-order valence-electron chi connectivity index (χ4n) is 2.42. The van der Waals surface area contributed by atoms with Gasteiger partial charge in [-0.1, -0.05) is 18.2 Å². The number of nitrogens with one attached hydrogen (secondary N) is 1. The van der Waals surface area contributed by atoms with E-state index in [1.54, 1.807) is 18.2 Å². The van der Waals surface area contributed by atoms with E-state index < -0.39 is 22.9 Å². The molecule has 2 N–H and O–H groups in total. The molecule has 0 aliphatic carbocycles. The molecule has 9 nitrogen and oxygen atoms in total. The fourth-order valence-corrected chi connectivity index (χ4v) is 2.42. The van der Waals surface area contributed by atoms with Crippen molar-refractivity contribution in [1.82, 2.24) is 0 Å². The van der Waals surface area contributed by atoms with Gasteiger partial charge in [-0.2, -0.15) is 0 Å². The largest absolute Gasteiger partial charge is 0.504 e. The van der Waals surface area contributed by atoms with Crippen molar-refractivity contribution in [1.29, 1.82) is 0 Å². The third kappa shape index (κ3) is 5.44. The summed E-state index contributed by atoms with van der Waals surface area (Å²) in [5.74, 6) is -0.998. The molecular weight excluding hydrogens is 368 g/mol. The second-order valence-corrected chi connectivity index (χ2v) is 5.90. The number of nitro benzene ring substituents is 1. The summed E-state index contributed by atoms with van der Waals surface area (Å²) >= 11 is 0. The predicted octanol–water partition coefficient (Wildman–Crippen LogP) is 2.81. The van der Waals surface area contributed by atoms with Gasteiger partial charge in [-0.15, -0.1) is 0 Å². The minimum Gasteiger partial charge on any atom is -0.504 e. The Morgan fingerprint density at radius 3 is 2.61 bits per heavy atom. The molecule has 0 radical (unpaired) electrons. The van der Waals surface area contributed by atoms with Crippen molar-refractivity contribution in [2.24, 2.45) is 0 Å². The monoisotopic (exact) mass is 388 g/mol. The molecule has 2 aromatic rings. The summed E-state index contributed by atoms with van der Waals surface area (Å²) in [6.07, 6.45) is -0.833. The third-order valence-electron chi connectivity index (χ3n) is 3.90. The molecule has 2 aromatic carbocycles. The van der Waals surface area contributed by atoms with E-state index in [9.17, 15) is 24.8 Å². The molecule has 0 spiro atoms. The molecule has 0 aliphatic heterocycles. The lowest BCUT2D eigenvalue weighted by Crippen LogP contribution is -2.30. The Morgan fingerprint density at radius 2 is 1.96 bits per heavy atom. The first-order chi connectivity index (χ1) is 13.3. The van der Waals surface area contributed by atoms with E-state index in [0.29, 0.717) is 17.7 Å².